The summed E-state index contributed by atoms with van der Waals surface area (Å²) < 4.78 is 17.2. The summed E-state index contributed by atoms with van der Waals surface area (Å²) in [6, 6.07) is 18.4. The van der Waals surface area contributed by atoms with Gasteiger partial charge in [-0.15, -0.1) is 0 Å². The van der Waals surface area contributed by atoms with Gasteiger partial charge in [-0.3, -0.25) is 9.69 Å². The number of benzene rings is 3. The summed E-state index contributed by atoms with van der Waals surface area (Å²) in [7, 11) is 1.90. The lowest BCUT2D eigenvalue weighted by Crippen LogP contribution is -2.49. The van der Waals surface area contributed by atoms with Gasteiger partial charge in [0.2, 0.25) is 5.95 Å². The van der Waals surface area contributed by atoms with Crippen molar-refractivity contribution in [1.82, 2.24) is 34.9 Å². The summed E-state index contributed by atoms with van der Waals surface area (Å²) in [6.07, 6.45) is 6.00. The second-order valence-electron chi connectivity index (χ2n) is 16.1. The van der Waals surface area contributed by atoms with Crippen LogP contribution in [0.1, 0.15) is 52.7 Å². The van der Waals surface area contributed by atoms with Crippen molar-refractivity contribution in [3.63, 3.8) is 0 Å². The van der Waals surface area contributed by atoms with Crippen LogP contribution in [0.4, 0.5) is 38.9 Å². The average Bonchev–Trinajstić information content (AvgIpc) is 3.71. The Bertz CT molecular complexity index is 2200. The molecule has 12 nitrogen and oxygen atoms in total. The van der Waals surface area contributed by atoms with E-state index in [1.165, 1.54) is 11.8 Å². The second-order valence-corrected chi connectivity index (χ2v) is 16.1. The van der Waals surface area contributed by atoms with E-state index in [0.29, 0.717) is 29.7 Å². The zero-order chi connectivity index (χ0) is 38.3. The van der Waals surface area contributed by atoms with Crippen molar-refractivity contribution < 1.29 is 9.18 Å². The summed E-state index contributed by atoms with van der Waals surface area (Å²) in [4.78, 5) is 31.7. The number of rotatable bonds is 9. The first-order valence-corrected chi connectivity index (χ1v) is 20.2. The van der Waals surface area contributed by atoms with E-state index in [-0.39, 0.29) is 17.8 Å². The monoisotopic (exact) mass is 757 g/mol. The molecule has 3 N–H and O–H groups in total. The Balaban J connectivity index is 0.749. The highest BCUT2D eigenvalue weighted by molar-refractivity contribution is 5.99. The number of aryl methyl sites for hydroxylation is 3. The van der Waals surface area contributed by atoms with Crippen molar-refractivity contribution >= 4 is 51.5 Å². The van der Waals surface area contributed by atoms with Crippen LogP contribution in [-0.2, 0) is 13.6 Å². The molecule has 3 saturated heterocycles. The third-order valence-electron chi connectivity index (χ3n) is 12.4. The lowest BCUT2D eigenvalue weighted by Gasteiger charge is -2.40. The van der Waals surface area contributed by atoms with Crippen LogP contribution in [0, 0.1) is 25.6 Å². The number of halogens is 1. The number of hydrogen-bond donors (Lipinski definition) is 3. The molecule has 4 aliphatic heterocycles. The topological polar surface area (TPSA) is 110 Å². The number of carbonyl (C=O) groups excluding carboxylic acids is 1. The molecule has 3 fully saturated rings. The number of carbonyl (C=O) groups is 1. The summed E-state index contributed by atoms with van der Waals surface area (Å²) in [5.74, 6) is 1.58. The number of para-hydroxylation sites is 1. The van der Waals surface area contributed by atoms with E-state index in [0.717, 1.165) is 130 Å². The van der Waals surface area contributed by atoms with Crippen LogP contribution in [0.5, 0.6) is 0 Å². The quantitative estimate of drug-likeness (QED) is 0.157. The molecular formula is C43H52FN11O. The van der Waals surface area contributed by atoms with E-state index in [2.05, 4.69) is 91.9 Å². The molecule has 5 aromatic rings. The Hall–Kier alpha value is -5.27. The van der Waals surface area contributed by atoms with Gasteiger partial charge in [0.15, 0.2) is 11.5 Å². The van der Waals surface area contributed by atoms with Gasteiger partial charge in [-0.2, -0.15) is 10.1 Å². The van der Waals surface area contributed by atoms with E-state index in [1.807, 2.05) is 24.2 Å². The largest absolute Gasteiger partial charge is 0.369 e. The number of piperidine rings is 2. The van der Waals surface area contributed by atoms with Gasteiger partial charge >= 0.3 is 0 Å². The Morgan fingerprint density at radius 3 is 2.41 bits per heavy atom. The second kappa shape index (κ2) is 15.3. The maximum absolute atomic E-state index is 15.4. The van der Waals surface area contributed by atoms with Crippen LogP contribution in [-0.4, -0.2) is 100 Å². The fourth-order valence-electron chi connectivity index (χ4n) is 9.10. The number of nitrogens with zero attached hydrogens (tertiary/aromatic N) is 8. The van der Waals surface area contributed by atoms with Crippen molar-refractivity contribution in [2.45, 2.75) is 52.1 Å². The first-order chi connectivity index (χ1) is 27.3. The SMILES string of the molecule is Cc1cccc(C)c1Nc1nn(C)c2nc(Nc3ccc(N4CCN(CC5CCN(c6cc7c(cc6F)C(=O)N(C6CCCNC6)C7)CC5)CC4)cc3)ncc12. The van der Waals surface area contributed by atoms with Gasteiger partial charge in [-0.1, -0.05) is 18.2 Å². The van der Waals surface area contributed by atoms with Gasteiger partial charge < -0.3 is 30.7 Å². The van der Waals surface area contributed by atoms with Gasteiger partial charge in [0.25, 0.3) is 5.91 Å². The van der Waals surface area contributed by atoms with Crippen LogP contribution in [0.15, 0.2) is 60.8 Å². The third-order valence-corrected chi connectivity index (χ3v) is 12.4. The fourth-order valence-corrected chi connectivity index (χ4v) is 9.10. The van der Waals surface area contributed by atoms with E-state index < -0.39 is 0 Å². The molecule has 13 heteroatoms. The average molecular weight is 758 g/mol. The molecule has 292 valence electrons. The molecule has 4 aliphatic rings. The maximum Gasteiger partial charge on any atom is 0.254 e. The Kier molecular flexibility index (Phi) is 9.97. The smallest absolute Gasteiger partial charge is 0.254 e. The standard InChI is InChI=1S/C43H52FN11O/c1-28-6-4-7-29(2)39(28)48-40-36-25-46-43(49-41(36)51(3)50-40)47-32-9-11-33(12-10-32)53-20-18-52(19-21-53)26-30-13-16-54(17-14-30)38-22-31-27-55(34-8-5-15-45-24-34)42(56)35(31)23-37(38)44/h4,6-7,9-12,22-23,25,30,34,45H,5,8,13-21,24,26-27H2,1-3H3,(H,48,50)(H,46,47,49). The van der Waals surface area contributed by atoms with Gasteiger partial charge in [0.05, 0.1) is 11.1 Å². The van der Waals surface area contributed by atoms with Crippen molar-refractivity contribution in [3.8, 4) is 0 Å². The Morgan fingerprint density at radius 2 is 1.68 bits per heavy atom. The molecule has 0 spiro atoms. The first kappa shape index (κ1) is 36.4. The lowest BCUT2D eigenvalue weighted by molar-refractivity contribution is 0.0674. The summed E-state index contributed by atoms with van der Waals surface area (Å²) >= 11 is 0. The number of amides is 1. The number of nitrogens with one attached hydrogen (secondary N) is 3. The van der Waals surface area contributed by atoms with E-state index in [4.69, 9.17) is 10.1 Å². The van der Waals surface area contributed by atoms with Crippen LogP contribution >= 0.6 is 0 Å². The van der Waals surface area contributed by atoms with Crippen LogP contribution in [0.2, 0.25) is 0 Å². The molecule has 2 aromatic heterocycles. The number of piperazine rings is 1. The first-order valence-electron chi connectivity index (χ1n) is 20.2. The van der Waals surface area contributed by atoms with Crippen LogP contribution < -0.4 is 25.8 Å². The van der Waals surface area contributed by atoms with Gasteiger partial charge in [-0.25, -0.2) is 14.1 Å². The molecule has 3 aromatic carbocycles. The van der Waals surface area contributed by atoms with Gasteiger partial charge in [0, 0.05) is 101 Å². The molecular weight excluding hydrogens is 706 g/mol. The predicted molar refractivity (Wildman–Crippen MR) is 221 cm³/mol. The highest BCUT2D eigenvalue weighted by atomic mass is 19.1. The van der Waals surface area contributed by atoms with Crippen LogP contribution in [0.3, 0.4) is 0 Å². The molecule has 1 amide bonds. The van der Waals surface area contributed by atoms with Crippen LogP contribution in [0.25, 0.3) is 11.0 Å². The van der Waals surface area contributed by atoms with E-state index in [1.54, 1.807) is 4.68 Å². The minimum Gasteiger partial charge on any atom is -0.369 e. The zero-order valence-electron chi connectivity index (χ0n) is 32.7. The predicted octanol–water partition coefficient (Wildman–Crippen LogP) is 6.35. The van der Waals surface area contributed by atoms with Gasteiger partial charge in [-0.05, 0) is 105 Å². The molecule has 56 heavy (non-hydrogen) atoms. The van der Waals surface area contributed by atoms with Crippen molar-refractivity contribution in [2.24, 2.45) is 13.0 Å². The minimum atomic E-state index is -0.269. The Labute approximate surface area is 328 Å². The molecule has 0 bridgehead atoms. The molecule has 9 rings (SSSR count). The lowest BCUT2D eigenvalue weighted by atomic mass is 9.95. The number of aromatic nitrogens is 4. The molecule has 0 radical (unpaired) electrons. The number of hydrogen-bond acceptors (Lipinski definition) is 10. The molecule has 1 unspecified atom stereocenters. The number of fused-ring (bicyclic) bond motifs is 2. The molecule has 6 heterocycles. The molecule has 1 atom stereocenters. The summed E-state index contributed by atoms with van der Waals surface area (Å²) in [5, 5.41) is 15.8. The highest BCUT2D eigenvalue weighted by Gasteiger charge is 2.35. The number of anilines is 6. The van der Waals surface area contributed by atoms with Crippen molar-refractivity contribution in [2.75, 3.05) is 79.3 Å². The minimum absolute atomic E-state index is 0.0194. The fraction of sp³-hybridized carbons (Fsp3) is 0.442. The van der Waals surface area contributed by atoms with Crippen molar-refractivity contribution in [3.05, 3.63) is 88.9 Å². The van der Waals surface area contributed by atoms with E-state index >= 15 is 4.39 Å². The third kappa shape index (κ3) is 7.25. The maximum atomic E-state index is 15.4. The van der Waals surface area contributed by atoms with E-state index in [9.17, 15) is 4.79 Å². The summed E-state index contributed by atoms with van der Waals surface area (Å²) in [6.45, 7) is 13.4. The summed E-state index contributed by atoms with van der Waals surface area (Å²) in [5.41, 5.74) is 8.44. The Morgan fingerprint density at radius 1 is 0.911 bits per heavy atom. The normalized spacial score (nSPS) is 19.5. The van der Waals surface area contributed by atoms with Crippen molar-refractivity contribution in [1.29, 1.82) is 0 Å². The molecule has 0 aliphatic carbocycles. The molecule has 0 saturated carbocycles. The highest BCUT2D eigenvalue weighted by Crippen LogP contribution is 2.35. The van der Waals surface area contributed by atoms with Gasteiger partial charge in [0.1, 0.15) is 5.82 Å². The zero-order valence-corrected chi connectivity index (χ0v) is 32.7.